The number of carbonyl (C=O) groups excluding carboxylic acids is 1. The van der Waals surface area contributed by atoms with E-state index in [1.807, 2.05) is 23.9 Å². The summed E-state index contributed by atoms with van der Waals surface area (Å²) < 4.78 is 0. The van der Waals surface area contributed by atoms with E-state index in [4.69, 9.17) is 0 Å². The van der Waals surface area contributed by atoms with Gasteiger partial charge in [-0.25, -0.2) is 0 Å². The number of hydrogen-bond donors (Lipinski definition) is 2. The molecule has 2 aromatic rings. The number of fused-ring (bicyclic) bond motifs is 1. The Kier molecular flexibility index (Phi) is 8.72. The molecule has 26 heavy (non-hydrogen) atoms. The predicted molar refractivity (Wildman–Crippen MR) is 112 cm³/mol. The smallest absolute Gasteiger partial charge is 0.251 e. The Balaban J connectivity index is 0.000000758. The van der Waals surface area contributed by atoms with Crippen molar-refractivity contribution in [2.75, 3.05) is 12.3 Å². The molecule has 1 aliphatic heterocycles. The summed E-state index contributed by atoms with van der Waals surface area (Å²) in [6.07, 6.45) is 2.24. The predicted octanol–water partition coefficient (Wildman–Crippen LogP) is 4.79. The molecule has 0 bridgehead atoms. The molecular formula is C22H30N2OS. The number of amides is 1. The number of rotatable bonds is 5. The summed E-state index contributed by atoms with van der Waals surface area (Å²) in [5.74, 6) is 1.07. The first-order valence-corrected chi connectivity index (χ1v) is 10.5. The van der Waals surface area contributed by atoms with Gasteiger partial charge in [0.05, 0.1) is 0 Å². The maximum atomic E-state index is 12.3. The van der Waals surface area contributed by atoms with E-state index in [1.165, 1.54) is 22.4 Å². The van der Waals surface area contributed by atoms with Crippen LogP contribution in [0.2, 0.25) is 0 Å². The fourth-order valence-corrected chi connectivity index (χ4v) is 3.43. The van der Waals surface area contributed by atoms with Crippen molar-refractivity contribution < 1.29 is 4.79 Å². The summed E-state index contributed by atoms with van der Waals surface area (Å²) in [5.41, 5.74) is 4.47. The van der Waals surface area contributed by atoms with Gasteiger partial charge in [0.15, 0.2) is 0 Å². The molecule has 3 rings (SSSR count). The van der Waals surface area contributed by atoms with Gasteiger partial charge in [0.2, 0.25) is 0 Å². The fourth-order valence-electron chi connectivity index (χ4n) is 2.77. The van der Waals surface area contributed by atoms with Crippen LogP contribution in [0.3, 0.4) is 0 Å². The van der Waals surface area contributed by atoms with E-state index in [2.05, 4.69) is 61.7 Å². The van der Waals surface area contributed by atoms with Gasteiger partial charge in [0.25, 0.3) is 5.91 Å². The molecule has 0 spiro atoms. The second-order valence-electron chi connectivity index (χ2n) is 6.38. The fraction of sp³-hybridized carbons (Fsp3) is 0.409. The first-order chi connectivity index (χ1) is 12.7. The molecule has 0 unspecified atom stereocenters. The topological polar surface area (TPSA) is 41.1 Å². The van der Waals surface area contributed by atoms with Crippen molar-refractivity contribution in [1.29, 1.82) is 0 Å². The van der Waals surface area contributed by atoms with Crippen LogP contribution >= 0.6 is 11.8 Å². The Bertz CT molecular complexity index is 698. The Morgan fingerprint density at radius 2 is 1.81 bits per heavy atom. The average molecular weight is 371 g/mol. The molecule has 0 aromatic heterocycles. The van der Waals surface area contributed by atoms with Crippen molar-refractivity contribution in [3.8, 4) is 0 Å². The molecule has 1 amide bonds. The first-order valence-electron chi connectivity index (χ1n) is 9.50. The van der Waals surface area contributed by atoms with Crippen LogP contribution in [0.5, 0.6) is 0 Å². The highest BCUT2D eigenvalue weighted by Gasteiger charge is 2.12. The molecule has 0 radical (unpaired) electrons. The van der Waals surface area contributed by atoms with Gasteiger partial charge in [-0.05, 0) is 59.7 Å². The largest absolute Gasteiger partial charge is 0.348 e. The zero-order valence-corrected chi connectivity index (χ0v) is 16.9. The normalized spacial score (nSPS) is 12.6. The number of thioether (sulfide) groups is 1. The van der Waals surface area contributed by atoms with Gasteiger partial charge in [0, 0.05) is 23.5 Å². The van der Waals surface area contributed by atoms with Gasteiger partial charge in [-0.15, -0.1) is 11.8 Å². The summed E-state index contributed by atoms with van der Waals surface area (Å²) in [7, 11) is 0. The van der Waals surface area contributed by atoms with Crippen LogP contribution in [0.15, 0.2) is 47.4 Å². The minimum Gasteiger partial charge on any atom is -0.348 e. The maximum absolute atomic E-state index is 12.3. The third kappa shape index (κ3) is 6.19. The molecule has 4 heteroatoms. The van der Waals surface area contributed by atoms with Crippen molar-refractivity contribution >= 4 is 17.7 Å². The second-order valence-corrected chi connectivity index (χ2v) is 7.71. The van der Waals surface area contributed by atoms with Gasteiger partial charge in [0.1, 0.15) is 0 Å². The zero-order chi connectivity index (χ0) is 18.8. The zero-order valence-electron chi connectivity index (χ0n) is 16.1. The van der Waals surface area contributed by atoms with Gasteiger partial charge >= 0.3 is 0 Å². The summed E-state index contributed by atoms with van der Waals surface area (Å²) in [5, 5.41) is 6.36. The van der Waals surface area contributed by atoms with Crippen molar-refractivity contribution in [2.24, 2.45) is 0 Å². The Morgan fingerprint density at radius 1 is 1.08 bits per heavy atom. The maximum Gasteiger partial charge on any atom is 0.251 e. The lowest BCUT2D eigenvalue weighted by atomic mass is 9.98. The summed E-state index contributed by atoms with van der Waals surface area (Å²) in [6.45, 7) is 8.85. The molecule has 140 valence electrons. The molecule has 3 nitrogen and oxygen atoms in total. The van der Waals surface area contributed by atoms with Gasteiger partial charge < -0.3 is 10.6 Å². The second kappa shape index (κ2) is 11.0. The van der Waals surface area contributed by atoms with Crippen LogP contribution in [0.4, 0.5) is 0 Å². The molecule has 0 saturated carbocycles. The van der Waals surface area contributed by atoms with Gasteiger partial charge in [-0.2, -0.15) is 0 Å². The van der Waals surface area contributed by atoms with E-state index < -0.39 is 0 Å². The molecule has 0 fully saturated rings. The van der Waals surface area contributed by atoms with Crippen molar-refractivity contribution in [3.63, 3.8) is 0 Å². The molecule has 1 heterocycles. The molecule has 0 atom stereocenters. The van der Waals surface area contributed by atoms with Crippen LogP contribution in [-0.2, 0) is 19.5 Å². The summed E-state index contributed by atoms with van der Waals surface area (Å²) in [4.78, 5) is 13.6. The van der Waals surface area contributed by atoms with Gasteiger partial charge in [-0.3, -0.25) is 4.79 Å². The number of benzene rings is 2. The molecule has 1 aliphatic rings. The first kappa shape index (κ1) is 20.5. The van der Waals surface area contributed by atoms with E-state index in [0.717, 1.165) is 36.4 Å². The Morgan fingerprint density at radius 3 is 2.50 bits per heavy atom. The van der Waals surface area contributed by atoms with Crippen LogP contribution < -0.4 is 10.6 Å². The lowest BCUT2D eigenvalue weighted by Crippen LogP contribution is -2.26. The van der Waals surface area contributed by atoms with E-state index in [9.17, 15) is 4.79 Å². The molecule has 2 aromatic carbocycles. The van der Waals surface area contributed by atoms with E-state index in [-0.39, 0.29) is 5.91 Å². The number of carbonyl (C=O) groups is 1. The Labute approximate surface area is 162 Å². The molecule has 0 aliphatic carbocycles. The average Bonchev–Trinajstić information content (AvgIpc) is 2.67. The van der Waals surface area contributed by atoms with Crippen molar-refractivity contribution in [1.82, 2.24) is 10.6 Å². The number of nitrogens with one attached hydrogen (secondary N) is 2. The standard InChI is InChI=1S/C19H22N2OS.C3H8/c1-2-23-18-7-3-14(4-8-18)12-21-19(22)16-5-6-17-13-20-10-9-15(17)11-16;1-3-2/h3-8,11,20H,2,9-10,12-13H2,1H3,(H,21,22);3H2,1-2H3. The summed E-state index contributed by atoms with van der Waals surface area (Å²) >= 11 is 1.83. The third-order valence-electron chi connectivity index (χ3n) is 4.04. The molecule has 2 N–H and O–H groups in total. The lowest BCUT2D eigenvalue weighted by molar-refractivity contribution is 0.0950. The van der Waals surface area contributed by atoms with E-state index >= 15 is 0 Å². The summed E-state index contributed by atoms with van der Waals surface area (Å²) in [6, 6.07) is 14.4. The van der Waals surface area contributed by atoms with E-state index in [0.29, 0.717) is 6.54 Å². The lowest BCUT2D eigenvalue weighted by Gasteiger charge is -2.17. The van der Waals surface area contributed by atoms with Crippen LogP contribution in [0.1, 0.15) is 54.2 Å². The minimum atomic E-state index is -0.00153. The monoisotopic (exact) mass is 370 g/mol. The van der Waals surface area contributed by atoms with Crippen molar-refractivity contribution in [2.45, 2.75) is 51.6 Å². The SMILES string of the molecule is CCC.CCSc1ccc(CNC(=O)c2ccc3c(c2)CCNC3)cc1. The third-order valence-corrected chi connectivity index (χ3v) is 4.94. The highest BCUT2D eigenvalue weighted by Crippen LogP contribution is 2.18. The number of hydrogen-bond acceptors (Lipinski definition) is 3. The van der Waals surface area contributed by atoms with E-state index in [1.54, 1.807) is 0 Å². The quantitative estimate of drug-likeness (QED) is 0.744. The van der Waals surface area contributed by atoms with Crippen molar-refractivity contribution in [3.05, 3.63) is 64.7 Å². The van der Waals surface area contributed by atoms with Crippen LogP contribution in [0.25, 0.3) is 0 Å². The minimum absolute atomic E-state index is 0.00153. The molecule has 0 saturated heterocycles. The van der Waals surface area contributed by atoms with Crippen LogP contribution in [0, 0.1) is 0 Å². The molecular weight excluding hydrogens is 340 g/mol. The highest BCUT2D eigenvalue weighted by atomic mass is 32.2. The van der Waals surface area contributed by atoms with Gasteiger partial charge in [-0.1, -0.05) is 45.4 Å². The van der Waals surface area contributed by atoms with Crippen LogP contribution in [-0.4, -0.2) is 18.2 Å². The Hall–Kier alpha value is -1.78. The highest BCUT2D eigenvalue weighted by molar-refractivity contribution is 7.99.